The summed E-state index contributed by atoms with van der Waals surface area (Å²) in [6.45, 7) is 0. The lowest BCUT2D eigenvalue weighted by Gasteiger charge is -2.27. The predicted octanol–water partition coefficient (Wildman–Crippen LogP) is 12.7. The highest BCUT2D eigenvalue weighted by molar-refractivity contribution is 6.12. The molecule has 0 aliphatic carbocycles. The van der Waals surface area contributed by atoms with Crippen LogP contribution in [-0.2, 0) is 0 Å². The zero-order chi connectivity index (χ0) is 33.9. The van der Waals surface area contributed by atoms with Gasteiger partial charge in [0.05, 0.1) is 11.2 Å². The minimum atomic E-state index is -0.111. The van der Waals surface area contributed by atoms with Crippen LogP contribution in [0.1, 0.15) is 5.48 Å². The lowest BCUT2D eigenvalue weighted by atomic mass is 9.97. The molecule has 8 aromatic carbocycles. The van der Waals surface area contributed by atoms with Crippen molar-refractivity contribution in [1.82, 2.24) is 0 Å². The molecule has 0 aliphatic rings. The summed E-state index contributed by atoms with van der Waals surface area (Å²) in [6, 6.07) is 49.4. The van der Waals surface area contributed by atoms with Gasteiger partial charge in [-0.15, -0.1) is 0 Å². The first-order valence-electron chi connectivity index (χ1n) is 17.4. The molecule has 0 spiro atoms. The van der Waals surface area contributed by atoms with Crippen molar-refractivity contribution < 1.29 is 9.90 Å². The standard InChI is InChI=1S/C44H29NO/c1-3-14-36-30(10-1)12-7-17-37(36)32-22-26-34(27-23-32)45(41-19-8-13-31-11-2-4-15-38(31)41)35-28-24-33(25-29-35)39-18-9-21-43-44(39)40-16-5-6-20-42(40)46-43/h1-29H/i22D,23D,26D,27D. The van der Waals surface area contributed by atoms with Gasteiger partial charge in [-0.3, -0.25) is 0 Å². The Balaban J connectivity index is 1.26. The molecule has 0 amide bonds. The Labute approximate surface area is 273 Å². The second-order valence-corrected chi connectivity index (χ2v) is 11.4. The first-order valence-corrected chi connectivity index (χ1v) is 15.4. The monoisotopic (exact) mass is 591 g/mol. The van der Waals surface area contributed by atoms with E-state index < -0.39 is 0 Å². The molecular weight excluding hydrogens is 558 g/mol. The summed E-state index contributed by atoms with van der Waals surface area (Å²) in [5.41, 5.74) is 6.32. The third-order valence-corrected chi connectivity index (χ3v) is 8.74. The number of anilines is 3. The summed E-state index contributed by atoms with van der Waals surface area (Å²) >= 11 is 0. The first kappa shape index (κ1) is 22.4. The Bertz CT molecular complexity index is 2730. The first-order chi connectivity index (χ1) is 24.5. The van der Waals surface area contributed by atoms with Gasteiger partial charge in [0, 0.05) is 27.5 Å². The van der Waals surface area contributed by atoms with Crippen LogP contribution in [0.5, 0.6) is 0 Å². The average Bonchev–Trinajstić information content (AvgIpc) is 3.55. The summed E-state index contributed by atoms with van der Waals surface area (Å²) in [5, 5.41) is 5.89. The SMILES string of the molecule is [2H]c1c([2H])c(N(c2ccc(-c3cccc4oc5ccccc5c34)cc2)c2cccc3ccccc23)c([2H])c([2H])c1-c1cccc2ccccc12. The largest absolute Gasteiger partial charge is 0.456 e. The van der Waals surface area contributed by atoms with Gasteiger partial charge in [0.1, 0.15) is 11.2 Å². The van der Waals surface area contributed by atoms with Crippen LogP contribution < -0.4 is 4.90 Å². The Hall–Kier alpha value is -6.12. The molecule has 216 valence electrons. The smallest absolute Gasteiger partial charge is 0.136 e. The molecule has 0 unspecified atom stereocenters. The maximum atomic E-state index is 9.45. The number of hydrogen-bond donors (Lipinski definition) is 0. The van der Waals surface area contributed by atoms with Crippen molar-refractivity contribution in [2.75, 3.05) is 4.90 Å². The minimum absolute atomic E-state index is 0.0854. The third kappa shape index (κ3) is 4.35. The summed E-state index contributed by atoms with van der Waals surface area (Å²) in [7, 11) is 0. The highest BCUT2D eigenvalue weighted by Crippen LogP contribution is 2.42. The molecule has 1 aromatic heterocycles. The van der Waals surface area contributed by atoms with Crippen LogP contribution in [0.2, 0.25) is 0 Å². The van der Waals surface area contributed by atoms with E-state index in [2.05, 4.69) is 12.1 Å². The second kappa shape index (κ2) is 10.8. The van der Waals surface area contributed by atoms with Gasteiger partial charge in [-0.2, -0.15) is 0 Å². The number of benzene rings is 8. The average molecular weight is 592 g/mol. The fourth-order valence-electron chi connectivity index (χ4n) is 6.59. The Morgan fingerprint density at radius 3 is 1.80 bits per heavy atom. The van der Waals surface area contributed by atoms with E-state index >= 15 is 0 Å². The molecule has 0 fully saturated rings. The van der Waals surface area contributed by atoms with E-state index in [1.807, 2.05) is 144 Å². The maximum Gasteiger partial charge on any atom is 0.136 e. The van der Waals surface area contributed by atoms with Crippen LogP contribution in [0.3, 0.4) is 0 Å². The molecule has 9 rings (SSSR count). The van der Waals surface area contributed by atoms with E-state index in [1.54, 1.807) is 0 Å². The van der Waals surface area contributed by atoms with Crippen molar-refractivity contribution in [1.29, 1.82) is 0 Å². The number of furan rings is 1. The van der Waals surface area contributed by atoms with Crippen molar-refractivity contribution >= 4 is 60.5 Å². The molecule has 0 aliphatic heterocycles. The second-order valence-electron chi connectivity index (χ2n) is 11.4. The van der Waals surface area contributed by atoms with Gasteiger partial charge in [-0.1, -0.05) is 133 Å². The van der Waals surface area contributed by atoms with Crippen molar-refractivity contribution in [3.05, 3.63) is 176 Å². The van der Waals surface area contributed by atoms with Gasteiger partial charge >= 0.3 is 0 Å². The lowest BCUT2D eigenvalue weighted by Crippen LogP contribution is -2.10. The minimum Gasteiger partial charge on any atom is -0.456 e. The molecule has 0 atom stereocenters. The molecule has 0 saturated heterocycles. The molecule has 9 aromatic rings. The van der Waals surface area contributed by atoms with E-state index in [-0.39, 0.29) is 35.4 Å². The number of hydrogen-bond acceptors (Lipinski definition) is 2. The maximum absolute atomic E-state index is 9.45. The van der Waals surface area contributed by atoms with Crippen LogP contribution in [-0.4, -0.2) is 0 Å². The normalized spacial score (nSPS) is 12.7. The Morgan fingerprint density at radius 1 is 0.413 bits per heavy atom. The summed E-state index contributed by atoms with van der Waals surface area (Å²) in [4.78, 5) is 1.87. The van der Waals surface area contributed by atoms with Crippen LogP contribution in [0.15, 0.2) is 180 Å². The molecule has 0 saturated carbocycles. The third-order valence-electron chi connectivity index (χ3n) is 8.74. The molecular formula is C44H29NO. The molecule has 0 bridgehead atoms. The van der Waals surface area contributed by atoms with Gasteiger partial charge in [0.15, 0.2) is 0 Å². The lowest BCUT2D eigenvalue weighted by molar-refractivity contribution is 0.669. The highest BCUT2D eigenvalue weighted by atomic mass is 16.3. The molecule has 1 heterocycles. The molecule has 2 nitrogen and oxygen atoms in total. The quantitative estimate of drug-likeness (QED) is 0.198. The topological polar surface area (TPSA) is 16.4 Å². The van der Waals surface area contributed by atoms with E-state index in [0.717, 1.165) is 60.3 Å². The molecule has 0 radical (unpaired) electrons. The number of nitrogens with zero attached hydrogens (tertiary/aromatic N) is 1. The van der Waals surface area contributed by atoms with Crippen molar-refractivity contribution in [3.8, 4) is 22.3 Å². The zero-order valence-corrected chi connectivity index (χ0v) is 24.8. The van der Waals surface area contributed by atoms with Crippen molar-refractivity contribution in [2.24, 2.45) is 0 Å². The zero-order valence-electron chi connectivity index (χ0n) is 28.8. The molecule has 0 N–H and O–H groups in total. The van der Waals surface area contributed by atoms with Gasteiger partial charge in [0.25, 0.3) is 0 Å². The van der Waals surface area contributed by atoms with E-state index in [9.17, 15) is 5.48 Å². The van der Waals surface area contributed by atoms with Crippen LogP contribution >= 0.6 is 0 Å². The number of rotatable bonds is 5. The fraction of sp³-hybridized carbons (Fsp3) is 0. The van der Waals surface area contributed by atoms with E-state index in [1.165, 1.54) is 0 Å². The van der Waals surface area contributed by atoms with Gasteiger partial charge in [0.2, 0.25) is 0 Å². The number of para-hydroxylation sites is 1. The Morgan fingerprint density at radius 2 is 1.00 bits per heavy atom. The molecule has 2 heteroatoms. The number of fused-ring (bicyclic) bond motifs is 5. The predicted molar refractivity (Wildman–Crippen MR) is 194 cm³/mol. The highest BCUT2D eigenvalue weighted by Gasteiger charge is 2.17. The summed E-state index contributed by atoms with van der Waals surface area (Å²) < 4.78 is 43.7. The van der Waals surface area contributed by atoms with Gasteiger partial charge in [-0.05, 0) is 80.8 Å². The van der Waals surface area contributed by atoms with Crippen molar-refractivity contribution in [2.45, 2.75) is 0 Å². The van der Waals surface area contributed by atoms with E-state index in [0.29, 0.717) is 11.3 Å². The van der Waals surface area contributed by atoms with Crippen LogP contribution in [0.4, 0.5) is 17.1 Å². The van der Waals surface area contributed by atoms with Crippen LogP contribution in [0, 0.1) is 0 Å². The van der Waals surface area contributed by atoms with E-state index in [4.69, 9.17) is 4.42 Å². The molecule has 46 heavy (non-hydrogen) atoms. The fourth-order valence-corrected chi connectivity index (χ4v) is 6.59. The van der Waals surface area contributed by atoms with Gasteiger partial charge < -0.3 is 9.32 Å². The van der Waals surface area contributed by atoms with Gasteiger partial charge in [-0.25, -0.2) is 0 Å². The van der Waals surface area contributed by atoms with Crippen molar-refractivity contribution in [3.63, 3.8) is 0 Å². The summed E-state index contributed by atoms with van der Waals surface area (Å²) in [6.07, 6.45) is 0. The van der Waals surface area contributed by atoms with Crippen LogP contribution in [0.25, 0.3) is 65.7 Å². The Kier molecular flexibility index (Phi) is 5.26. The summed E-state index contributed by atoms with van der Waals surface area (Å²) in [5.74, 6) is 0.